The average molecular weight is 410 g/mol. The maximum Gasteiger partial charge on any atom is 0.328 e. The minimum atomic E-state index is -0.572. The van der Waals surface area contributed by atoms with E-state index < -0.39 is 6.04 Å². The van der Waals surface area contributed by atoms with Crippen LogP contribution in [0.25, 0.3) is 0 Å². The van der Waals surface area contributed by atoms with Crippen molar-refractivity contribution in [3.8, 4) is 0 Å². The third-order valence-corrected chi connectivity index (χ3v) is 5.65. The Kier molecular flexibility index (Phi) is 13.7. The van der Waals surface area contributed by atoms with Gasteiger partial charge in [0, 0.05) is 0 Å². The lowest BCUT2D eigenvalue weighted by atomic mass is 10.0. The van der Waals surface area contributed by atoms with E-state index >= 15 is 0 Å². The molecule has 0 spiro atoms. The van der Waals surface area contributed by atoms with Gasteiger partial charge in [0.15, 0.2) is 0 Å². The zero-order chi connectivity index (χ0) is 20.6. The van der Waals surface area contributed by atoms with Crippen molar-refractivity contribution in [3.63, 3.8) is 0 Å². The van der Waals surface area contributed by atoms with E-state index in [0.717, 1.165) is 12.8 Å². The van der Waals surface area contributed by atoms with Crippen LogP contribution in [-0.2, 0) is 9.53 Å². The van der Waals surface area contributed by atoms with Crippen LogP contribution in [0.15, 0.2) is 17.5 Å². The molecule has 1 rings (SSSR count). The van der Waals surface area contributed by atoms with Crippen molar-refractivity contribution in [2.24, 2.45) is 5.92 Å². The van der Waals surface area contributed by atoms with Gasteiger partial charge in [0.1, 0.15) is 6.04 Å². The number of thiophene rings is 1. The Balaban J connectivity index is 2.18. The third kappa shape index (κ3) is 11.5. The van der Waals surface area contributed by atoms with Gasteiger partial charge in [-0.15, -0.1) is 11.3 Å². The molecule has 0 saturated heterocycles. The lowest BCUT2D eigenvalue weighted by Gasteiger charge is -2.19. The van der Waals surface area contributed by atoms with Crippen molar-refractivity contribution in [1.82, 2.24) is 5.32 Å². The molecule has 0 fully saturated rings. The summed E-state index contributed by atoms with van der Waals surface area (Å²) >= 11 is 1.38. The monoisotopic (exact) mass is 409 g/mol. The van der Waals surface area contributed by atoms with Gasteiger partial charge in [-0.25, -0.2) is 4.79 Å². The van der Waals surface area contributed by atoms with Gasteiger partial charge in [-0.1, -0.05) is 84.6 Å². The van der Waals surface area contributed by atoms with Crippen LogP contribution in [0, 0.1) is 5.92 Å². The number of nitrogens with one attached hydrogen (secondary N) is 1. The third-order valence-electron chi connectivity index (χ3n) is 4.78. The van der Waals surface area contributed by atoms with Crippen LogP contribution in [0.3, 0.4) is 0 Å². The minimum Gasteiger partial charge on any atom is -0.464 e. The van der Waals surface area contributed by atoms with Crippen molar-refractivity contribution in [2.75, 3.05) is 6.61 Å². The highest BCUT2D eigenvalue weighted by atomic mass is 32.1. The summed E-state index contributed by atoms with van der Waals surface area (Å²) in [4.78, 5) is 25.3. The molecule has 0 bridgehead atoms. The SMILES string of the molecule is CCCCCCCCCCCCOC(=O)C(CC(C)C)NC(=O)c1cccs1. The van der Waals surface area contributed by atoms with Gasteiger partial charge < -0.3 is 10.1 Å². The molecule has 4 nitrogen and oxygen atoms in total. The van der Waals surface area contributed by atoms with Gasteiger partial charge in [-0.3, -0.25) is 4.79 Å². The topological polar surface area (TPSA) is 55.4 Å². The summed E-state index contributed by atoms with van der Waals surface area (Å²) in [5.74, 6) is -0.204. The minimum absolute atomic E-state index is 0.198. The normalized spacial score (nSPS) is 12.1. The Bertz CT molecular complexity index is 528. The Morgan fingerprint density at radius 1 is 1.00 bits per heavy atom. The Morgan fingerprint density at radius 2 is 1.61 bits per heavy atom. The second-order valence-corrected chi connectivity index (χ2v) is 8.93. The van der Waals surface area contributed by atoms with E-state index in [9.17, 15) is 9.59 Å². The van der Waals surface area contributed by atoms with Crippen LogP contribution in [0.4, 0.5) is 0 Å². The second kappa shape index (κ2) is 15.5. The lowest BCUT2D eigenvalue weighted by molar-refractivity contribution is -0.146. The van der Waals surface area contributed by atoms with Crippen LogP contribution >= 0.6 is 11.3 Å². The van der Waals surface area contributed by atoms with Gasteiger partial charge >= 0.3 is 5.97 Å². The number of carbonyl (C=O) groups excluding carboxylic acids is 2. The largest absolute Gasteiger partial charge is 0.464 e. The first-order chi connectivity index (χ1) is 13.5. The zero-order valence-electron chi connectivity index (χ0n) is 18.0. The van der Waals surface area contributed by atoms with Crippen molar-refractivity contribution < 1.29 is 14.3 Å². The molecule has 1 heterocycles. The van der Waals surface area contributed by atoms with E-state index in [4.69, 9.17) is 4.74 Å². The number of amides is 1. The first-order valence-electron chi connectivity index (χ1n) is 11.1. The molecule has 28 heavy (non-hydrogen) atoms. The number of hydrogen-bond acceptors (Lipinski definition) is 4. The molecule has 1 aromatic heterocycles. The maximum absolute atomic E-state index is 12.4. The van der Waals surface area contributed by atoms with Crippen molar-refractivity contribution in [3.05, 3.63) is 22.4 Å². The standard InChI is InChI=1S/C23H39NO3S/c1-4-5-6-7-8-9-10-11-12-13-16-27-23(26)20(18-19(2)3)24-22(25)21-15-14-17-28-21/h14-15,17,19-20H,4-13,16,18H2,1-3H3,(H,24,25). The summed E-state index contributed by atoms with van der Waals surface area (Å²) in [6.07, 6.45) is 13.1. The first kappa shape index (κ1) is 24.7. The molecule has 1 atom stereocenters. The summed E-state index contributed by atoms with van der Waals surface area (Å²) in [7, 11) is 0. The molecule has 160 valence electrons. The predicted octanol–water partition coefficient (Wildman–Crippen LogP) is 6.36. The fourth-order valence-electron chi connectivity index (χ4n) is 3.19. The lowest BCUT2D eigenvalue weighted by Crippen LogP contribution is -2.42. The molecule has 5 heteroatoms. The van der Waals surface area contributed by atoms with Crippen LogP contribution < -0.4 is 5.32 Å². The molecule has 0 aromatic carbocycles. The number of ether oxygens (including phenoxy) is 1. The quantitative estimate of drug-likeness (QED) is 0.255. The van der Waals surface area contributed by atoms with E-state index in [1.807, 2.05) is 25.3 Å². The van der Waals surface area contributed by atoms with Crippen LogP contribution in [-0.4, -0.2) is 24.5 Å². The van der Waals surface area contributed by atoms with Crippen LogP contribution in [0.2, 0.25) is 0 Å². The van der Waals surface area contributed by atoms with Gasteiger partial charge in [-0.2, -0.15) is 0 Å². The molecule has 1 aromatic rings. The van der Waals surface area contributed by atoms with Crippen molar-refractivity contribution in [1.29, 1.82) is 0 Å². The summed E-state index contributed by atoms with van der Waals surface area (Å²) in [6, 6.07) is 3.03. The molecule has 0 aliphatic carbocycles. The van der Waals surface area contributed by atoms with E-state index in [0.29, 0.717) is 23.8 Å². The van der Waals surface area contributed by atoms with E-state index in [1.165, 1.54) is 62.7 Å². The fraction of sp³-hybridized carbons (Fsp3) is 0.739. The highest BCUT2D eigenvalue weighted by Gasteiger charge is 2.24. The van der Waals surface area contributed by atoms with E-state index in [-0.39, 0.29) is 11.9 Å². The fourth-order valence-corrected chi connectivity index (χ4v) is 3.81. The van der Waals surface area contributed by atoms with Gasteiger partial charge in [0.25, 0.3) is 5.91 Å². The zero-order valence-corrected chi connectivity index (χ0v) is 18.8. The number of unbranched alkanes of at least 4 members (excludes halogenated alkanes) is 9. The Morgan fingerprint density at radius 3 is 2.14 bits per heavy atom. The highest BCUT2D eigenvalue weighted by molar-refractivity contribution is 7.12. The Hall–Kier alpha value is -1.36. The Labute approximate surface area is 175 Å². The molecule has 1 unspecified atom stereocenters. The molecular weight excluding hydrogens is 370 g/mol. The summed E-state index contributed by atoms with van der Waals surface area (Å²) in [5, 5.41) is 4.69. The summed E-state index contributed by atoms with van der Waals surface area (Å²) in [5.41, 5.74) is 0. The van der Waals surface area contributed by atoms with Crippen molar-refractivity contribution >= 4 is 23.2 Å². The predicted molar refractivity (Wildman–Crippen MR) is 118 cm³/mol. The molecular formula is C23H39NO3S. The smallest absolute Gasteiger partial charge is 0.328 e. The van der Waals surface area contributed by atoms with E-state index in [1.54, 1.807) is 6.07 Å². The average Bonchev–Trinajstić information content (AvgIpc) is 3.20. The molecule has 0 aliphatic rings. The number of hydrogen-bond donors (Lipinski definition) is 1. The number of carbonyl (C=O) groups is 2. The molecule has 1 amide bonds. The second-order valence-electron chi connectivity index (χ2n) is 7.98. The number of rotatable bonds is 16. The number of esters is 1. The van der Waals surface area contributed by atoms with Gasteiger partial charge in [0.2, 0.25) is 0 Å². The van der Waals surface area contributed by atoms with E-state index in [2.05, 4.69) is 12.2 Å². The molecule has 0 aliphatic heterocycles. The molecule has 1 N–H and O–H groups in total. The first-order valence-corrected chi connectivity index (χ1v) is 11.9. The van der Waals surface area contributed by atoms with Crippen LogP contribution in [0.1, 0.15) is 101 Å². The van der Waals surface area contributed by atoms with Crippen molar-refractivity contribution in [2.45, 2.75) is 97.4 Å². The van der Waals surface area contributed by atoms with Gasteiger partial charge in [-0.05, 0) is 30.2 Å². The molecule has 0 saturated carbocycles. The summed E-state index contributed by atoms with van der Waals surface area (Å²) < 4.78 is 5.45. The summed E-state index contributed by atoms with van der Waals surface area (Å²) in [6.45, 7) is 6.77. The van der Waals surface area contributed by atoms with Gasteiger partial charge in [0.05, 0.1) is 11.5 Å². The maximum atomic E-state index is 12.4. The van der Waals surface area contributed by atoms with Crippen LogP contribution in [0.5, 0.6) is 0 Å². The molecule has 0 radical (unpaired) electrons. The highest BCUT2D eigenvalue weighted by Crippen LogP contribution is 2.13.